The highest BCUT2D eigenvalue weighted by Gasteiger charge is 2.39. The van der Waals surface area contributed by atoms with Gasteiger partial charge < -0.3 is 4.74 Å². The van der Waals surface area contributed by atoms with E-state index >= 15 is 0 Å². The molecule has 6 rings (SSSR count). The van der Waals surface area contributed by atoms with Gasteiger partial charge in [0, 0.05) is 25.5 Å². The molecule has 4 aliphatic heterocycles. The monoisotopic (exact) mass is 435 g/mol. The van der Waals surface area contributed by atoms with Crippen molar-refractivity contribution in [2.75, 3.05) is 26.2 Å². The van der Waals surface area contributed by atoms with Crippen molar-refractivity contribution in [3.63, 3.8) is 0 Å². The number of ether oxygens (including phenoxy) is 1. The van der Waals surface area contributed by atoms with E-state index in [4.69, 9.17) is 4.74 Å². The number of rotatable bonds is 2. The molecular formula is C22H27Cl2N3O2. The number of benzene rings is 1. The number of halogens is 2. The first-order valence-electron chi connectivity index (χ1n) is 9.97. The van der Waals surface area contributed by atoms with Crippen molar-refractivity contribution in [2.24, 2.45) is 5.92 Å². The second-order valence-electron chi connectivity index (χ2n) is 7.89. The van der Waals surface area contributed by atoms with Gasteiger partial charge >= 0.3 is 6.09 Å². The number of amides is 1. The van der Waals surface area contributed by atoms with Gasteiger partial charge in [-0.2, -0.15) is 0 Å². The number of carbonyl (C=O) groups excluding carboxylic acids is 1. The van der Waals surface area contributed by atoms with Crippen LogP contribution in [0, 0.1) is 5.92 Å². The van der Waals surface area contributed by atoms with E-state index in [0.717, 1.165) is 44.5 Å². The van der Waals surface area contributed by atoms with Gasteiger partial charge in [0.2, 0.25) is 0 Å². The summed E-state index contributed by atoms with van der Waals surface area (Å²) >= 11 is 0. The summed E-state index contributed by atoms with van der Waals surface area (Å²) in [6.07, 6.45) is 6.61. The van der Waals surface area contributed by atoms with Gasteiger partial charge in [0.15, 0.2) is 0 Å². The Kier molecular flexibility index (Phi) is 7.04. The van der Waals surface area contributed by atoms with Gasteiger partial charge in [0.1, 0.15) is 6.10 Å². The molecule has 2 bridgehead atoms. The van der Waals surface area contributed by atoms with E-state index in [0.29, 0.717) is 12.5 Å². The quantitative estimate of drug-likeness (QED) is 0.711. The molecule has 5 heterocycles. The maximum atomic E-state index is 13.2. The van der Waals surface area contributed by atoms with Crippen LogP contribution >= 0.6 is 24.8 Å². The van der Waals surface area contributed by atoms with Gasteiger partial charge in [-0.25, -0.2) is 4.79 Å². The Morgan fingerprint density at radius 3 is 2.41 bits per heavy atom. The van der Waals surface area contributed by atoms with Gasteiger partial charge in [0.05, 0.1) is 6.04 Å². The van der Waals surface area contributed by atoms with Crippen LogP contribution in [-0.4, -0.2) is 53.2 Å². The van der Waals surface area contributed by atoms with Crippen LogP contribution in [0.15, 0.2) is 48.8 Å². The molecule has 5 nitrogen and oxygen atoms in total. The van der Waals surface area contributed by atoms with Crippen molar-refractivity contribution in [2.45, 2.75) is 31.4 Å². The lowest BCUT2D eigenvalue weighted by atomic mass is 9.86. The molecule has 0 spiro atoms. The Hall–Kier alpha value is -1.82. The average Bonchev–Trinajstić information content (AvgIpc) is 2.74. The van der Waals surface area contributed by atoms with Crippen molar-refractivity contribution < 1.29 is 9.53 Å². The van der Waals surface area contributed by atoms with Crippen molar-refractivity contribution >= 4 is 30.9 Å². The molecule has 0 radical (unpaired) electrons. The van der Waals surface area contributed by atoms with Gasteiger partial charge in [-0.3, -0.25) is 14.8 Å². The molecule has 29 heavy (non-hydrogen) atoms. The first-order valence-corrected chi connectivity index (χ1v) is 9.97. The normalized spacial score (nSPS) is 27.2. The Balaban J connectivity index is 0.00000120. The van der Waals surface area contributed by atoms with Crippen LogP contribution in [-0.2, 0) is 11.2 Å². The molecule has 7 heteroatoms. The average molecular weight is 436 g/mol. The molecule has 1 aromatic carbocycles. The lowest BCUT2D eigenvalue weighted by Crippen LogP contribution is -2.53. The molecule has 2 atom stereocenters. The Morgan fingerprint density at radius 2 is 1.72 bits per heavy atom. The molecular weight excluding hydrogens is 409 g/mol. The zero-order valence-corrected chi connectivity index (χ0v) is 17.9. The lowest BCUT2D eigenvalue weighted by Gasteiger charge is -2.45. The zero-order valence-electron chi connectivity index (χ0n) is 16.3. The van der Waals surface area contributed by atoms with Crippen LogP contribution in [0.2, 0.25) is 0 Å². The highest BCUT2D eigenvalue weighted by Crippen LogP contribution is 2.36. The molecule has 0 N–H and O–H groups in total. The third-order valence-electron chi connectivity index (χ3n) is 6.39. The molecule has 2 unspecified atom stereocenters. The number of fused-ring (bicyclic) bond motifs is 4. The van der Waals surface area contributed by atoms with Crippen LogP contribution < -0.4 is 0 Å². The summed E-state index contributed by atoms with van der Waals surface area (Å²) in [4.78, 5) is 21.7. The van der Waals surface area contributed by atoms with E-state index in [1.165, 1.54) is 11.1 Å². The maximum Gasteiger partial charge on any atom is 0.410 e. The minimum absolute atomic E-state index is 0. The third kappa shape index (κ3) is 4.23. The topological polar surface area (TPSA) is 45.7 Å². The molecule has 3 fully saturated rings. The van der Waals surface area contributed by atoms with E-state index < -0.39 is 0 Å². The van der Waals surface area contributed by atoms with Crippen molar-refractivity contribution in [3.05, 3.63) is 65.5 Å². The second-order valence-corrected chi connectivity index (χ2v) is 7.89. The molecule has 2 aromatic rings. The number of carbonyl (C=O) groups is 1. The molecule has 3 saturated heterocycles. The Bertz CT molecular complexity index is 828. The molecule has 156 valence electrons. The van der Waals surface area contributed by atoms with Crippen LogP contribution in [0.25, 0.3) is 0 Å². The highest BCUT2D eigenvalue weighted by molar-refractivity contribution is 5.85. The van der Waals surface area contributed by atoms with Gasteiger partial charge in [-0.1, -0.05) is 24.3 Å². The fraction of sp³-hybridized carbons (Fsp3) is 0.455. The van der Waals surface area contributed by atoms with Crippen LogP contribution in [0.4, 0.5) is 4.79 Å². The molecule has 0 saturated carbocycles. The Morgan fingerprint density at radius 1 is 1.00 bits per heavy atom. The number of pyridine rings is 1. The van der Waals surface area contributed by atoms with Crippen LogP contribution in [0.1, 0.15) is 35.6 Å². The van der Waals surface area contributed by atoms with Crippen molar-refractivity contribution in [3.8, 4) is 0 Å². The first kappa shape index (κ1) is 21.9. The van der Waals surface area contributed by atoms with E-state index in [1.807, 2.05) is 17.0 Å². The zero-order chi connectivity index (χ0) is 18.2. The minimum atomic E-state index is -0.176. The summed E-state index contributed by atoms with van der Waals surface area (Å²) in [5.41, 5.74) is 3.59. The summed E-state index contributed by atoms with van der Waals surface area (Å²) in [5, 5.41) is 0. The second kappa shape index (κ2) is 9.33. The van der Waals surface area contributed by atoms with Gasteiger partial charge in [-0.05, 0) is 67.1 Å². The highest BCUT2D eigenvalue weighted by atomic mass is 35.5. The maximum absolute atomic E-state index is 13.2. The fourth-order valence-corrected chi connectivity index (χ4v) is 4.91. The lowest BCUT2D eigenvalue weighted by molar-refractivity contribution is -0.0462. The summed E-state index contributed by atoms with van der Waals surface area (Å²) in [5.74, 6) is 0.524. The van der Waals surface area contributed by atoms with Crippen molar-refractivity contribution in [1.29, 1.82) is 0 Å². The van der Waals surface area contributed by atoms with E-state index in [2.05, 4.69) is 34.1 Å². The summed E-state index contributed by atoms with van der Waals surface area (Å²) in [6.45, 7) is 3.87. The van der Waals surface area contributed by atoms with Gasteiger partial charge in [0.25, 0.3) is 0 Å². The number of hydrogen-bond donors (Lipinski definition) is 0. The predicted molar refractivity (Wildman–Crippen MR) is 117 cm³/mol. The number of aromatic nitrogens is 1. The Labute approximate surface area is 184 Å². The van der Waals surface area contributed by atoms with Crippen LogP contribution in [0.3, 0.4) is 0 Å². The first-order chi connectivity index (χ1) is 13.3. The number of nitrogens with zero attached hydrogens (tertiary/aromatic N) is 3. The predicted octanol–water partition coefficient (Wildman–Crippen LogP) is 4.10. The molecule has 0 aliphatic carbocycles. The molecule has 4 aliphatic rings. The SMILES string of the molecule is Cl.Cl.O=C(OC1CN2CCC1CC2)N1CCc2ccccc2C1c1ccncc1. The molecule has 1 amide bonds. The third-order valence-corrected chi connectivity index (χ3v) is 6.39. The van der Waals surface area contributed by atoms with E-state index in [9.17, 15) is 4.79 Å². The number of hydrogen-bond acceptors (Lipinski definition) is 4. The number of piperidine rings is 3. The largest absolute Gasteiger partial charge is 0.444 e. The minimum Gasteiger partial charge on any atom is -0.444 e. The summed E-state index contributed by atoms with van der Waals surface area (Å²) in [6, 6.07) is 12.3. The summed E-state index contributed by atoms with van der Waals surface area (Å²) < 4.78 is 6.06. The molecule has 1 aromatic heterocycles. The van der Waals surface area contributed by atoms with E-state index in [-0.39, 0.29) is 43.1 Å². The van der Waals surface area contributed by atoms with Crippen LogP contribution in [0.5, 0.6) is 0 Å². The smallest absolute Gasteiger partial charge is 0.410 e. The van der Waals surface area contributed by atoms with Crippen molar-refractivity contribution in [1.82, 2.24) is 14.8 Å². The summed E-state index contributed by atoms with van der Waals surface area (Å²) in [7, 11) is 0. The van der Waals surface area contributed by atoms with Gasteiger partial charge in [-0.15, -0.1) is 24.8 Å². The fourth-order valence-electron chi connectivity index (χ4n) is 4.91. The standard InChI is InChI=1S/C22H25N3O2.2ClH/c26-22(27-20-15-24-12-7-17(20)8-13-24)25-14-9-16-3-1-2-4-19(16)21(25)18-5-10-23-11-6-18;;/h1-6,10-11,17,20-21H,7-9,12-15H2;2*1H. The van der Waals surface area contributed by atoms with E-state index in [1.54, 1.807) is 12.4 Å².